The predicted molar refractivity (Wildman–Crippen MR) is 140 cm³/mol. The van der Waals surface area contributed by atoms with Crippen molar-refractivity contribution in [1.29, 1.82) is 0 Å². The van der Waals surface area contributed by atoms with Gasteiger partial charge in [-0.2, -0.15) is 0 Å². The van der Waals surface area contributed by atoms with Crippen LogP contribution in [0.15, 0.2) is 0 Å². The summed E-state index contributed by atoms with van der Waals surface area (Å²) in [6.45, 7) is 10.5. The number of hydrogen-bond acceptors (Lipinski definition) is 7. The smallest absolute Gasteiger partial charge is 0.414 e. The Morgan fingerprint density at radius 2 is 1.70 bits per heavy atom. The van der Waals surface area contributed by atoms with Crippen molar-refractivity contribution in [2.45, 2.75) is 84.8 Å². The van der Waals surface area contributed by atoms with Gasteiger partial charge in [-0.25, -0.2) is 4.79 Å². The molecule has 0 spiro atoms. The highest BCUT2D eigenvalue weighted by Crippen LogP contribution is 2.68. The number of carbonyl (C=O) groups excluding carboxylic acids is 3. The lowest BCUT2D eigenvalue weighted by Gasteiger charge is -2.61. The summed E-state index contributed by atoms with van der Waals surface area (Å²) in [6, 6.07) is 0. The number of ketones is 1. The number of alkyl carbamates (subject to hydrolysis) is 1. The van der Waals surface area contributed by atoms with Crippen molar-refractivity contribution in [1.82, 2.24) is 10.2 Å². The van der Waals surface area contributed by atoms with E-state index in [1.54, 1.807) is 14.2 Å². The Bertz CT molecular complexity index is 888. The van der Waals surface area contributed by atoms with Gasteiger partial charge in [-0.05, 0) is 76.4 Å². The van der Waals surface area contributed by atoms with E-state index in [1.807, 2.05) is 14.0 Å². The first-order valence-electron chi connectivity index (χ1n) is 14.2. The van der Waals surface area contributed by atoms with Gasteiger partial charge in [0.05, 0.1) is 18.1 Å². The third kappa shape index (κ3) is 4.76. The van der Waals surface area contributed by atoms with Crippen LogP contribution in [0.5, 0.6) is 0 Å². The fourth-order valence-corrected chi connectivity index (χ4v) is 8.74. The van der Waals surface area contributed by atoms with Crippen LogP contribution in [0.2, 0.25) is 0 Å². The molecule has 0 aromatic rings. The molecular weight excluding hydrogens is 472 g/mol. The molecule has 4 fully saturated rings. The molecule has 3 aliphatic carbocycles. The van der Waals surface area contributed by atoms with Crippen LogP contribution in [0.25, 0.3) is 0 Å². The van der Waals surface area contributed by atoms with Crippen LogP contribution in [0.1, 0.15) is 72.6 Å². The van der Waals surface area contributed by atoms with E-state index in [0.29, 0.717) is 6.42 Å². The number of nitrogens with zero attached hydrogens (tertiary/aromatic N) is 1. The van der Waals surface area contributed by atoms with Crippen LogP contribution >= 0.6 is 0 Å². The summed E-state index contributed by atoms with van der Waals surface area (Å²) >= 11 is 0. The van der Waals surface area contributed by atoms with Crippen LogP contribution in [0.4, 0.5) is 4.79 Å². The number of nitrogens with one attached hydrogen (secondary N) is 1. The zero-order valence-electron chi connectivity index (χ0n) is 23.9. The standard InChI is InChI=1S/C29H48N2O6/c1-18-8-12-29-13-9-21(36-7)23(29)28(18,4)22(16-27(3,17-35-6)24(32)19(29)2)37-26(34)30-25(33)20-10-14-31(5)15-11-20/h18-23H,8-17H2,1-7H3,(H,30,33,34)/t18-,19+,21?,22?,23?,27+,28+,29?/m1/s1. The number of methoxy groups -OCH3 is 2. The quantitative estimate of drug-likeness (QED) is 0.584. The van der Waals surface area contributed by atoms with Crippen LogP contribution < -0.4 is 5.32 Å². The van der Waals surface area contributed by atoms with Crippen LogP contribution in [0, 0.1) is 39.9 Å². The van der Waals surface area contributed by atoms with Gasteiger partial charge in [0, 0.05) is 37.4 Å². The van der Waals surface area contributed by atoms with E-state index in [9.17, 15) is 14.4 Å². The lowest BCUT2D eigenvalue weighted by atomic mass is 9.44. The first kappa shape index (κ1) is 28.5. The summed E-state index contributed by atoms with van der Waals surface area (Å²) in [5.74, 6) is -0.0559. The van der Waals surface area contributed by atoms with E-state index in [0.717, 1.165) is 51.6 Å². The minimum Gasteiger partial charge on any atom is -0.445 e. The second-order valence-electron chi connectivity index (χ2n) is 13.1. The molecule has 1 saturated heterocycles. The molecular formula is C29H48N2O6. The average molecular weight is 521 g/mol. The molecule has 210 valence electrons. The van der Waals surface area contributed by atoms with Crippen molar-refractivity contribution in [3.05, 3.63) is 0 Å². The maximum Gasteiger partial charge on any atom is 0.414 e. The van der Waals surface area contributed by atoms with Crippen molar-refractivity contribution in [2.24, 2.45) is 39.9 Å². The normalized spacial score (nSPS) is 43.0. The summed E-state index contributed by atoms with van der Waals surface area (Å²) in [7, 11) is 5.42. The second kappa shape index (κ2) is 10.6. The Kier molecular flexibility index (Phi) is 8.14. The molecule has 8 atom stereocenters. The third-order valence-electron chi connectivity index (χ3n) is 11.2. The van der Waals surface area contributed by atoms with E-state index >= 15 is 0 Å². The molecule has 1 aliphatic heterocycles. The fraction of sp³-hybridized carbons (Fsp3) is 0.897. The van der Waals surface area contributed by atoms with Gasteiger partial charge in [0.1, 0.15) is 11.9 Å². The molecule has 8 heteroatoms. The fourth-order valence-electron chi connectivity index (χ4n) is 8.74. The van der Waals surface area contributed by atoms with Gasteiger partial charge < -0.3 is 19.1 Å². The van der Waals surface area contributed by atoms with E-state index in [1.165, 1.54) is 0 Å². The zero-order chi connectivity index (χ0) is 27.2. The molecule has 2 bridgehead atoms. The minimum atomic E-state index is -0.793. The topological polar surface area (TPSA) is 94.2 Å². The van der Waals surface area contributed by atoms with E-state index in [-0.39, 0.29) is 53.5 Å². The molecule has 0 radical (unpaired) electrons. The largest absolute Gasteiger partial charge is 0.445 e. The maximum absolute atomic E-state index is 14.1. The SMILES string of the molecule is COC[C@]1(C)CC(OC(=O)NC(=O)C2CCN(C)CC2)[C@@]2(C)C3C(OC)CCC3(CC[C@H]2C)[C@@H](C)C1=O. The first-order valence-corrected chi connectivity index (χ1v) is 14.2. The molecule has 1 heterocycles. The van der Waals surface area contributed by atoms with Gasteiger partial charge in [-0.15, -0.1) is 0 Å². The average Bonchev–Trinajstić information content (AvgIpc) is 3.26. The predicted octanol–water partition coefficient (Wildman–Crippen LogP) is 4.06. The van der Waals surface area contributed by atoms with Crippen molar-refractivity contribution in [2.75, 3.05) is 41.0 Å². The van der Waals surface area contributed by atoms with Crippen molar-refractivity contribution in [3.63, 3.8) is 0 Å². The Morgan fingerprint density at radius 1 is 1.05 bits per heavy atom. The molecule has 1 N–H and O–H groups in total. The maximum atomic E-state index is 14.1. The van der Waals surface area contributed by atoms with Crippen molar-refractivity contribution in [3.8, 4) is 0 Å². The summed E-state index contributed by atoms with van der Waals surface area (Å²) < 4.78 is 17.9. The lowest BCUT2D eigenvalue weighted by Crippen LogP contribution is -2.63. The van der Waals surface area contributed by atoms with Gasteiger partial charge >= 0.3 is 6.09 Å². The van der Waals surface area contributed by atoms with E-state index in [4.69, 9.17) is 14.2 Å². The number of rotatable bonds is 5. The Balaban J connectivity index is 1.68. The van der Waals surface area contributed by atoms with Gasteiger partial charge in [0.2, 0.25) is 5.91 Å². The molecule has 4 rings (SSSR count). The number of imide groups is 1. The van der Waals surface area contributed by atoms with E-state index in [2.05, 4.69) is 31.0 Å². The number of piperidine rings is 1. The number of likely N-dealkylation sites (tertiary alicyclic amines) is 1. The molecule has 0 aromatic heterocycles. The zero-order valence-corrected chi connectivity index (χ0v) is 23.9. The van der Waals surface area contributed by atoms with Crippen molar-refractivity contribution < 1.29 is 28.6 Å². The molecule has 37 heavy (non-hydrogen) atoms. The van der Waals surface area contributed by atoms with Crippen LogP contribution in [-0.2, 0) is 23.8 Å². The van der Waals surface area contributed by atoms with E-state index < -0.39 is 23.0 Å². The van der Waals surface area contributed by atoms with Gasteiger partial charge in [0.15, 0.2) is 0 Å². The molecule has 4 unspecified atom stereocenters. The molecule has 3 saturated carbocycles. The van der Waals surface area contributed by atoms with Crippen LogP contribution in [0.3, 0.4) is 0 Å². The monoisotopic (exact) mass is 520 g/mol. The Labute approximate surface area is 222 Å². The Hall–Kier alpha value is -1.51. The highest BCUT2D eigenvalue weighted by atomic mass is 16.6. The molecule has 0 aromatic carbocycles. The molecule has 4 aliphatic rings. The number of hydrogen-bond donors (Lipinski definition) is 1. The minimum absolute atomic E-state index is 0.00445. The second-order valence-corrected chi connectivity index (χ2v) is 13.1. The highest BCUT2D eigenvalue weighted by Gasteiger charge is 2.68. The van der Waals surface area contributed by atoms with Crippen molar-refractivity contribution >= 4 is 17.8 Å². The summed E-state index contributed by atoms with van der Waals surface area (Å²) in [5.41, 5.74) is -1.40. The van der Waals surface area contributed by atoms with Gasteiger partial charge in [-0.3, -0.25) is 14.9 Å². The molecule has 8 nitrogen and oxygen atoms in total. The highest BCUT2D eigenvalue weighted by molar-refractivity contribution is 5.93. The summed E-state index contributed by atoms with van der Waals surface area (Å²) in [6.07, 6.45) is 4.34. The number of Topliss-reactive ketones (excluding diaryl/α,β-unsaturated/α-hetero) is 1. The lowest BCUT2D eigenvalue weighted by molar-refractivity contribution is -0.194. The third-order valence-corrected chi connectivity index (χ3v) is 11.2. The number of carbonyl (C=O) groups is 3. The Morgan fingerprint density at radius 3 is 2.32 bits per heavy atom. The molecule has 2 amide bonds. The summed E-state index contributed by atoms with van der Waals surface area (Å²) in [5, 5.41) is 2.55. The summed E-state index contributed by atoms with van der Waals surface area (Å²) in [4.78, 5) is 42.5. The first-order chi connectivity index (χ1) is 17.4. The number of amides is 2. The van der Waals surface area contributed by atoms with Crippen LogP contribution in [-0.4, -0.2) is 75.9 Å². The number of ether oxygens (including phenoxy) is 3. The van der Waals surface area contributed by atoms with Gasteiger partial charge in [-0.1, -0.05) is 27.7 Å². The van der Waals surface area contributed by atoms with Gasteiger partial charge in [0.25, 0.3) is 0 Å².